The molecule has 0 aliphatic heterocycles. The lowest BCUT2D eigenvalue weighted by Gasteiger charge is -1.97. The highest BCUT2D eigenvalue weighted by Crippen LogP contribution is 2.23. The van der Waals surface area contributed by atoms with Gasteiger partial charge >= 0.3 is 0 Å². The zero-order chi connectivity index (χ0) is 13.2. The van der Waals surface area contributed by atoms with Gasteiger partial charge in [0.05, 0.1) is 10.6 Å². The second-order valence-electron chi connectivity index (χ2n) is 3.97. The molecule has 7 heteroatoms. The molecule has 0 saturated carbocycles. The maximum atomic E-state index is 12.0. The topological polar surface area (TPSA) is 75.6 Å². The number of aryl methyl sites for hydroxylation is 1. The highest BCUT2D eigenvalue weighted by molar-refractivity contribution is 7.13. The second kappa shape index (κ2) is 4.69. The fraction of sp³-hybridized carbons (Fsp3) is 0.0833. The smallest absolute Gasteiger partial charge is 0.277 e. The number of aromatic nitrogens is 4. The molecule has 3 heterocycles. The second-order valence-corrected chi connectivity index (χ2v) is 4.92. The Morgan fingerprint density at radius 3 is 3.05 bits per heavy atom. The van der Waals surface area contributed by atoms with Crippen LogP contribution in [0.2, 0.25) is 0 Å². The quantitative estimate of drug-likeness (QED) is 0.767. The molecule has 0 saturated heterocycles. The molecule has 19 heavy (non-hydrogen) atoms. The van der Waals surface area contributed by atoms with E-state index in [-0.39, 0.29) is 5.91 Å². The van der Waals surface area contributed by atoms with Crippen molar-refractivity contribution in [3.8, 4) is 10.6 Å². The minimum Gasteiger partial charge on any atom is -0.304 e. The number of nitrogens with zero attached hydrogens (tertiary/aromatic N) is 3. The van der Waals surface area contributed by atoms with Gasteiger partial charge < -0.3 is 5.32 Å². The summed E-state index contributed by atoms with van der Waals surface area (Å²) in [5.41, 5.74) is 1.18. The molecule has 0 spiro atoms. The third kappa shape index (κ3) is 2.41. The largest absolute Gasteiger partial charge is 0.304 e. The summed E-state index contributed by atoms with van der Waals surface area (Å²) in [4.78, 5) is 13.0. The number of hydrogen-bond acceptors (Lipinski definition) is 4. The number of rotatable bonds is 3. The Bertz CT molecular complexity index is 697. The van der Waals surface area contributed by atoms with Crippen LogP contribution in [-0.2, 0) is 7.05 Å². The normalized spacial score (nSPS) is 10.6. The molecule has 0 atom stereocenters. The van der Waals surface area contributed by atoms with Gasteiger partial charge in [-0.15, -0.1) is 11.3 Å². The van der Waals surface area contributed by atoms with E-state index in [9.17, 15) is 4.79 Å². The van der Waals surface area contributed by atoms with Crippen molar-refractivity contribution in [3.05, 3.63) is 41.5 Å². The van der Waals surface area contributed by atoms with Crippen molar-refractivity contribution < 1.29 is 4.79 Å². The van der Waals surface area contributed by atoms with E-state index in [1.807, 2.05) is 17.5 Å². The van der Waals surface area contributed by atoms with Crippen molar-refractivity contribution in [1.29, 1.82) is 0 Å². The molecule has 3 aromatic heterocycles. The molecule has 0 radical (unpaired) electrons. The van der Waals surface area contributed by atoms with Gasteiger partial charge in [0, 0.05) is 19.3 Å². The van der Waals surface area contributed by atoms with Crippen molar-refractivity contribution in [2.45, 2.75) is 0 Å². The van der Waals surface area contributed by atoms with Gasteiger partial charge in [-0.1, -0.05) is 6.07 Å². The van der Waals surface area contributed by atoms with Crippen LogP contribution in [-0.4, -0.2) is 25.9 Å². The molecular formula is C12H11N5OS. The van der Waals surface area contributed by atoms with E-state index in [1.54, 1.807) is 41.4 Å². The highest BCUT2D eigenvalue weighted by Gasteiger charge is 2.12. The first-order chi connectivity index (χ1) is 9.22. The van der Waals surface area contributed by atoms with Crippen molar-refractivity contribution in [1.82, 2.24) is 20.0 Å². The van der Waals surface area contributed by atoms with Gasteiger partial charge in [0.1, 0.15) is 0 Å². The number of aromatic amines is 1. The van der Waals surface area contributed by atoms with Gasteiger partial charge in [0.25, 0.3) is 5.91 Å². The Balaban J connectivity index is 1.77. The zero-order valence-electron chi connectivity index (χ0n) is 10.1. The van der Waals surface area contributed by atoms with Gasteiger partial charge in [0.15, 0.2) is 11.5 Å². The first-order valence-electron chi connectivity index (χ1n) is 5.62. The Labute approximate surface area is 113 Å². The highest BCUT2D eigenvalue weighted by atomic mass is 32.1. The van der Waals surface area contributed by atoms with Crippen molar-refractivity contribution in [3.63, 3.8) is 0 Å². The minimum atomic E-state index is -0.280. The van der Waals surface area contributed by atoms with E-state index >= 15 is 0 Å². The summed E-state index contributed by atoms with van der Waals surface area (Å²) in [5, 5.41) is 15.6. The summed E-state index contributed by atoms with van der Waals surface area (Å²) >= 11 is 1.59. The molecule has 1 amide bonds. The van der Waals surface area contributed by atoms with E-state index < -0.39 is 0 Å². The Hall–Kier alpha value is -2.41. The summed E-state index contributed by atoms with van der Waals surface area (Å²) in [7, 11) is 1.79. The average molecular weight is 273 g/mol. The third-order valence-electron chi connectivity index (χ3n) is 2.55. The van der Waals surface area contributed by atoms with E-state index in [0.717, 1.165) is 10.6 Å². The fourth-order valence-corrected chi connectivity index (χ4v) is 2.35. The fourth-order valence-electron chi connectivity index (χ4n) is 1.66. The number of carbonyl (C=O) groups is 1. The van der Waals surface area contributed by atoms with Gasteiger partial charge in [-0.3, -0.25) is 14.6 Å². The first kappa shape index (κ1) is 11.7. The molecule has 0 aromatic carbocycles. The Morgan fingerprint density at radius 2 is 2.37 bits per heavy atom. The number of H-pyrrole nitrogens is 1. The van der Waals surface area contributed by atoms with Crippen molar-refractivity contribution in [2.75, 3.05) is 5.32 Å². The van der Waals surface area contributed by atoms with Crippen LogP contribution in [0.5, 0.6) is 0 Å². The van der Waals surface area contributed by atoms with Gasteiger partial charge in [0.2, 0.25) is 0 Å². The Morgan fingerprint density at radius 1 is 1.47 bits per heavy atom. The van der Waals surface area contributed by atoms with Crippen LogP contribution >= 0.6 is 11.3 Å². The van der Waals surface area contributed by atoms with Crippen LogP contribution in [0.1, 0.15) is 10.5 Å². The lowest BCUT2D eigenvalue weighted by Crippen LogP contribution is -2.12. The van der Waals surface area contributed by atoms with Crippen molar-refractivity contribution >= 4 is 23.1 Å². The molecule has 0 aliphatic carbocycles. The summed E-state index contributed by atoms with van der Waals surface area (Å²) in [6.45, 7) is 0. The molecule has 0 aliphatic rings. The van der Waals surface area contributed by atoms with Gasteiger partial charge in [-0.25, -0.2) is 0 Å². The molecule has 0 unspecified atom stereocenters. The van der Waals surface area contributed by atoms with Crippen molar-refractivity contribution in [2.24, 2.45) is 7.05 Å². The summed E-state index contributed by atoms with van der Waals surface area (Å²) < 4.78 is 1.62. The molecule has 3 rings (SSSR count). The van der Waals surface area contributed by atoms with Gasteiger partial charge in [-0.05, 0) is 17.5 Å². The van der Waals surface area contributed by atoms with E-state index in [1.165, 1.54) is 0 Å². The van der Waals surface area contributed by atoms with Crippen LogP contribution in [0.25, 0.3) is 10.6 Å². The zero-order valence-corrected chi connectivity index (χ0v) is 10.9. The maximum Gasteiger partial charge on any atom is 0.277 e. The lowest BCUT2D eigenvalue weighted by molar-refractivity contribution is 0.102. The monoisotopic (exact) mass is 273 g/mol. The molecule has 2 N–H and O–H groups in total. The minimum absolute atomic E-state index is 0.280. The summed E-state index contributed by atoms with van der Waals surface area (Å²) in [6, 6.07) is 7.38. The van der Waals surface area contributed by atoms with Crippen LogP contribution in [0.3, 0.4) is 0 Å². The number of amides is 1. The maximum absolute atomic E-state index is 12.0. The molecule has 3 aromatic rings. The van der Waals surface area contributed by atoms with Crippen LogP contribution in [0, 0.1) is 0 Å². The van der Waals surface area contributed by atoms with Crippen LogP contribution in [0.4, 0.5) is 5.82 Å². The summed E-state index contributed by atoms with van der Waals surface area (Å²) in [5.74, 6) is 0.228. The standard InChI is InChI=1S/C12H11N5OS/c1-17-5-4-11(16-17)13-12(18)9-7-8(14-15-9)10-3-2-6-19-10/h2-7H,1H3,(H,14,15)(H,13,16,18). The first-order valence-corrected chi connectivity index (χ1v) is 6.50. The number of thiophene rings is 1. The van der Waals surface area contributed by atoms with E-state index in [0.29, 0.717) is 11.5 Å². The SMILES string of the molecule is Cn1ccc(NC(=O)c2cc(-c3cccs3)[nH]n2)n1. The number of nitrogens with one attached hydrogen (secondary N) is 2. The lowest BCUT2D eigenvalue weighted by atomic mass is 10.3. The number of carbonyl (C=O) groups excluding carboxylic acids is 1. The molecule has 6 nitrogen and oxygen atoms in total. The molecule has 0 bridgehead atoms. The average Bonchev–Trinajstić information content (AvgIpc) is 3.08. The Kier molecular flexibility index (Phi) is 2.88. The molecule has 96 valence electrons. The molecular weight excluding hydrogens is 262 g/mol. The predicted molar refractivity (Wildman–Crippen MR) is 73.1 cm³/mol. The summed E-state index contributed by atoms with van der Waals surface area (Å²) in [6.07, 6.45) is 1.76. The molecule has 0 fully saturated rings. The van der Waals surface area contributed by atoms with Gasteiger partial charge in [-0.2, -0.15) is 10.2 Å². The van der Waals surface area contributed by atoms with E-state index in [2.05, 4.69) is 20.6 Å². The van der Waals surface area contributed by atoms with Crippen LogP contribution < -0.4 is 5.32 Å². The number of anilines is 1. The third-order valence-corrected chi connectivity index (χ3v) is 3.46. The van der Waals surface area contributed by atoms with Crippen LogP contribution in [0.15, 0.2) is 35.8 Å². The predicted octanol–water partition coefficient (Wildman–Crippen LogP) is 2.12. The van der Waals surface area contributed by atoms with E-state index in [4.69, 9.17) is 0 Å². The number of hydrogen-bond donors (Lipinski definition) is 2.